The number of thioether (sulfide) groups is 1. The van der Waals surface area contributed by atoms with Crippen molar-refractivity contribution in [1.82, 2.24) is 9.80 Å². The number of likely N-dealkylation sites (tertiary alicyclic amines) is 1. The Morgan fingerprint density at radius 3 is 2.57 bits per heavy atom. The molecule has 2 heterocycles. The zero-order chi connectivity index (χ0) is 15.6. The number of ether oxygens (including phenoxy) is 1. The molecule has 2 saturated heterocycles. The molecule has 2 aliphatic heterocycles. The smallest absolute Gasteiger partial charge is 0.328 e. The summed E-state index contributed by atoms with van der Waals surface area (Å²) in [6, 6.07) is -1.82. The average Bonchev–Trinajstić information content (AvgIpc) is 2.87. The molecule has 2 amide bonds. The lowest BCUT2D eigenvalue weighted by atomic mass is 10.0. The van der Waals surface area contributed by atoms with Gasteiger partial charge in [0, 0.05) is 12.3 Å². The van der Waals surface area contributed by atoms with Gasteiger partial charge in [-0.15, -0.1) is 11.8 Å². The highest BCUT2D eigenvalue weighted by Crippen LogP contribution is 2.31. The number of hydrogen-bond acceptors (Lipinski definition) is 5. The van der Waals surface area contributed by atoms with Gasteiger partial charge in [0.05, 0.1) is 12.5 Å². The largest absolute Gasteiger partial charge is 0.480 e. The van der Waals surface area contributed by atoms with Crippen LogP contribution in [0.4, 0.5) is 4.79 Å². The molecule has 8 heteroatoms. The van der Waals surface area contributed by atoms with Crippen molar-refractivity contribution >= 4 is 29.7 Å². The van der Waals surface area contributed by atoms with Crippen molar-refractivity contribution in [2.45, 2.75) is 43.6 Å². The Hall–Kier alpha value is -1.44. The van der Waals surface area contributed by atoms with E-state index in [1.807, 2.05) is 6.92 Å². The number of aliphatic carboxylic acids is 1. The number of carboxylic acids is 1. The minimum absolute atomic E-state index is 0.209. The van der Waals surface area contributed by atoms with Crippen LogP contribution >= 0.6 is 11.8 Å². The standard InChI is InChI=1S/C13H20N2O5S/c1-8-15(10(7-21-8)11(16)17)13(19)14-6-4-3-5-9(14)12(18)20-2/h8-10H,3-7H2,1-2H3,(H,16,17). The van der Waals surface area contributed by atoms with E-state index in [4.69, 9.17) is 4.74 Å². The number of carbonyl (C=O) groups is 3. The number of carbonyl (C=O) groups excluding carboxylic acids is 2. The first-order chi connectivity index (χ1) is 9.97. The Labute approximate surface area is 127 Å². The Balaban J connectivity index is 2.19. The van der Waals surface area contributed by atoms with Crippen molar-refractivity contribution in [1.29, 1.82) is 0 Å². The van der Waals surface area contributed by atoms with Gasteiger partial charge in [-0.2, -0.15) is 0 Å². The molecular weight excluding hydrogens is 296 g/mol. The molecule has 0 spiro atoms. The minimum atomic E-state index is -1.01. The van der Waals surface area contributed by atoms with E-state index in [0.29, 0.717) is 18.7 Å². The Kier molecular flexibility index (Phi) is 4.97. The SMILES string of the molecule is COC(=O)C1CCCCN1C(=O)N1C(C)SCC1C(=O)O. The van der Waals surface area contributed by atoms with E-state index in [-0.39, 0.29) is 11.4 Å². The van der Waals surface area contributed by atoms with E-state index in [1.54, 1.807) is 0 Å². The normalized spacial score (nSPS) is 29.3. The monoisotopic (exact) mass is 316 g/mol. The molecule has 7 nitrogen and oxygen atoms in total. The summed E-state index contributed by atoms with van der Waals surface area (Å²) in [4.78, 5) is 38.7. The Bertz CT molecular complexity index is 444. The van der Waals surface area contributed by atoms with Gasteiger partial charge in [0.15, 0.2) is 0 Å². The van der Waals surface area contributed by atoms with E-state index < -0.39 is 24.0 Å². The molecule has 1 N–H and O–H groups in total. The average molecular weight is 316 g/mol. The fourth-order valence-corrected chi connectivity index (χ4v) is 3.98. The molecule has 0 radical (unpaired) electrons. The second-order valence-corrected chi connectivity index (χ2v) is 6.55. The van der Waals surface area contributed by atoms with E-state index in [9.17, 15) is 19.5 Å². The number of rotatable bonds is 2. The molecule has 2 fully saturated rings. The van der Waals surface area contributed by atoms with Crippen LogP contribution in [0.2, 0.25) is 0 Å². The molecule has 3 atom stereocenters. The fraction of sp³-hybridized carbons (Fsp3) is 0.769. The van der Waals surface area contributed by atoms with E-state index in [1.165, 1.54) is 28.7 Å². The van der Waals surface area contributed by atoms with Gasteiger partial charge in [0.2, 0.25) is 0 Å². The van der Waals surface area contributed by atoms with Crippen LogP contribution in [-0.2, 0) is 14.3 Å². The summed E-state index contributed by atoms with van der Waals surface area (Å²) < 4.78 is 4.76. The number of amides is 2. The second-order valence-electron chi connectivity index (χ2n) is 5.20. The van der Waals surface area contributed by atoms with Gasteiger partial charge < -0.3 is 14.7 Å². The van der Waals surface area contributed by atoms with Crippen LogP contribution in [0.5, 0.6) is 0 Å². The topological polar surface area (TPSA) is 87.2 Å². The van der Waals surface area contributed by atoms with Crippen LogP contribution in [0.3, 0.4) is 0 Å². The van der Waals surface area contributed by atoms with E-state index in [0.717, 1.165) is 12.8 Å². The lowest BCUT2D eigenvalue weighted by Crippen LogP contribution is -2.57. The summed E-state index contributed by atoms with van der Waals surface area (Å²) in [5, 5.41) is 9.04. The highest BCUT2D eigenvalue weighted by Gasteiger charge is 2.44. The minimum Gasteiger partial charge on any atom is -0.480 e. The Morgan fingerprint density at radius 1 is 1.24 bits per heavy atom. The third-order valence-corrected chi connectivity index (χ3v) is 5.17. The number of nitrogens with zero attached hydrogens (tertiary/aromatic N) is 2. The van der Waals surface area contributed by atoms with Crippen molar-refractivity contribution in [3.8, 4) is 0 Å². The zero-order valence-corrected chi connectivity index (χ0v) is 13.0. The molecule has 118 valence electrons. The molecule has 21 heavy (non-hydrogen) atoms. The predicted molar refractivity (Wildman–Crippen MR) is 76.9 cm³/mol. The van der Waals surface area contributed by atoms with Gasteiger partial charge in [-0.1, -0.05) is 0 Å². The zero-order valence-electron chi connectivity index (χ0n) is 12.2. The molecular formula is C13H20N2O5S. The van der Waals surface area contributed by atoms with Crippen LogP contribution in [0.25, 0.3) is 0 Å². The summed E-state index contributed by atoms with van der Waals surface area (Å²) in [5.41, 5.74) is 0. The van der Waals surface area contributed by atoms with Crippen molar-refractivity contribution in [3.63, 3.8) is 0 Å². The van der Waals surface area contributed by atoms with Crippen molar-refractivity contribution in [2.75, 3.05) is 19.4 Å². The van der Waals surface area contributed by atoms with Crippen LogP contribution in [0, 0.1) is 0 Å². The number of piperidine rings is 1. The number of hydrogen-bond donors (Lipinski definition) is 1. The third-order valence-electron chi connectivity index (χ3n) is 3.95. The molecule has 0 bridgehead atoms. The van der Waals surface area contributed by atoms with E-state index in [2.05, 4.69) is 0 Å². The molecule has 0 aromatic rings. The lowest BCUT2D eigenvalue weighted by Gasteiger charge is -2.38. The summed E-state index contributed by atoms with van der Waals surface area (Å²) >= 11 is 1.43. The number of urea groups is 1. The van der Waals surface area contributed by atoms with Crippen LogP contribution in [0.1, 0.15) is 26.2 Å². The highest BCUT2D eigenvalue weighted by atomic mass is 32.2. The number of methoxy groups -OCH3 is 1. The molecule has 2 rings (SSSR count). The first-order valence-corrected chi connectivity index (χ1v) is 8.03. The molecule has 0 aliphatic carbocycles. The van der Waals surface area contributed by atoms with Gasteiger partial charge >= 0.3 is 18.0 Å². The summed E-state index contributed by atoms with van der Waals surface area (Å²) in [6.45, 7) is 2.27. The van der Waals surface area contributed by atoms with Crippen molar-refractivity contribution in [2.24, 2.45) is 0 Å². The molecule has 0 aromatic heterocycles. The number of esters is 1. The van der Waals surface area contributed by atoms with Crippen molar-refractivity contribution < 1.29 is 24.2 Å². The number of carboxylic acid groups (broad SMARTS) is 1. The summed E-state index contributed by atoms with van der Waals surface area (Å²) in [6.07, 6.45) is 2.23. The Morgan fingerprint density at radius 2 is 1.95 bits per heavy atom. The van der Waals surface area contributed by atoms with Crippen LogP contribution in [-0.4, -0.2) is 69.7 Å². The van der Waals surface area contributed by atoms with Crippen molar-refractivity contribution in [3.05, 3.63) is 0 Å². The maximum atomic E-state index is 12.7. The lowest BCUT2D eigenvalue weighted by molar-refractivity contribution is -0.147. The van der Waals surface area contributed by atoms with Gasteiger partial charge in [-0.05, 0) is 26.2 Å². The van der Waals surface area contributed by atoms with Crippen LogP contribution in [0.15, 0.2) is 0 Å². The summed E-state index contributed by atoms with van der Waals surface area (Å²) in [7, 11) is 1.30. The maximum Gasteiger partial charge on any atom is 0.328 e. The maximum absolute atomic E-state index is 12.7. The first kappa shape index (κ1) is 15.9. The molecule has 3 unspecified atom stereocenters. The van der Waals surface area contributed by atoms with Gasteiger partial charge in [0.25, 0.3) is 0 Å². The second kappa shape index (κ2) is 6.55. The third kappa shape index (κ3) is 3.09. The first-order valence-electron chi connectivity index (χ1n) is 6.98. The molecule has 0 saturated carbocycles. The van der Waals surface area contributed by atoms with Gasteiger partial charge in [-0.3, -0.25) is 4.90 Å². The highest BCUT2D eigenvalue weighted by molar-refractivity contribution is 8.00. The quantitative estimate of drug-likeness (QED) is 0.764. The predicted octanol–water partition coefficient (Wildman–Crippen LogP) is 0.982. The van der Waals surface area contributed by atoms with Gasteiger partial charge in [0.1, 0.15) is 12.1 Å². The van der Waals surface area contributed by atoms with Crippen LogP contribution < -0.4 is 0 Å². The fourth-order valence-electron chi connectivity index (χ4n) is 2.81. The summed E-state index contributed by atoms with van der Waals surface area (Å²) in [5.74, 6) is -1.07. The van der Waals surface area contributed by atoms with Gasteiger partial charge in [-0.25, -0.2) is 14.4 Å². The molecule has 0 aromatic carbocycles. The molecule has 2 aliphatic rings. The van der Waals surface area contributed by atoms with E-state index >= 15 is 0 Å².